The number of carbonyl (C=O) groups excluding carboxylic acids is 2. The molecule has 0 amide bonds. The third kappa shape index (κ3) is 2.93. The van der Waals surface area contributed by atoms with E-state index < -0.39 is 0 Å². The van der Waals surface area contributed by atoms with Crippen LogP contribution in [0.4, 0.5) is 0 Å². The molecule has 1 aromatic heterocycles. The number of nitrogens with zero attached hydrogens (tertiary/aromatic N) is 2. The zero-order chi connectivity index (χ0) is 15.5. The van der Waals surface area contributed by atoms with Crippen molar-refractivity contribution >= 4 is 11.8 Å². The first-order valence-electron chi connectivity index (χ1n) is 7.46. The maximum Gasteiger partial charge on any atom is 0.338 e. The van der Waals surface area contributed by atoms with Crippen LogP contribution in [0.5, 0.6) is 0 Å². The molecule has 5 heteroatoms. The second-order valence-corrected chi connectivity index (χ2v) is 5.56. The number of rotatable bonds is 4. The van der Waals surface area contributed by atoms with Crippen molar-refractivity contribution in [3.8, 4) is 0 Å². The van der Waals surface area contributed by atoms with Crippen LogP contribution in [-0.4, -0.2) is 27.6 Å². The third-order valence-corrected chi connectivity index (χ3v) is 4.07. The van der Waals surface area contributed by atoms with E-state index in [9.17, 15) is 9.59 Å². The van der Waals surface area contributed by atoms with Gasteiger partial charge < -0.3 is 4.74 Å². The van der Waals surface area contributed by atoms with Gasteiger partial charge in [0.25, 0.3) is 0 Å². The fraction of sp³-hybridized carbons (Fsp3) is 0.353. The Morgan fingerprint density at radius 1 is 1.18 bits per heavy atom. The van der Waals surface area contributed by atoms with Crippen molar-refractivity contribution in [2.45, 2.75) is 38.3 Å². The van der Waals surface area contributed by atoms with Gasteiger partial charge in [0.05, 0.1) is 11.6 Å². The Morgan fingerprint density at radius 3 is 2.55 bits per heavy atom. The molecular formula is C17H18N2O3. The number of benzene rings is 1. The van der Waals surface area contributed by atoms with Gasteiger partial charge in [-0.15, -0.1) is 0 Å². The summed E-state index contributed by atoms with van der Waals surface area (Å²) in [6, 6.07) is 8.55. The SMILES string of the molecule is CC(=O)c1ccc(C(=O)O[C@@H]2CCC[C@H]2n2cccn2)cc1. The highest BCUT2D eigenvalue weighted by Crippen LogP contribution is 2.32. The van der Waals surface area contributed by atoms with Gasteiger partial charge in [-0.1, -0.05) is 12.1 Å². The van der Waals surface area contributed by atoms with E-state index in [2.05, 4.69) is 5.10 Å². The lowest BCUT2D eigenvalue weighted by molar-refractivity contribution is 0.0209. The molecular weight excluding hydrogens is 280 g/mol. The van der Waals surface area contributed by atoms with Crippen LogP contribution in [0.1, 0.15) is 52.9 Å². The molecule has 0 spiro atoms. The Balaban J connectivity index is 1.69. The Labute approximate surface area is 128 Å². The summed E-state index contributed by atoms with van der Waals surface area (Å²) in [6.45, 7) is 1.50. The van der Waals surface area contributed by atoms with Gasteiger partial charge in [0.2, 0.25) is 0 Å². The van der Waals surface area contributed by atoms with E-state index in [-0.39, 0.29) is 23.9 Å². The molecule has 1 aliphatic rings. The predicted octanol–water partition coefficient (Wildman–Crippen LogP) is 3.04. The monoisotopic (exact) mass is 298 g/mol. The van der Waals surface area contributed by atoms with Gasteiger partial charge in [-0.25, -0.2) is 4.79 Å². The predicted molar refractivity (Wildman–Crippen MR) is 80.8 cm³/mol. The highest BCUT2D eigenvalue weighted by Gasteiger charge is 2.32. The molecule has 1 aromatic carbocycles. The van der Waals surface area contributed by atoms with Crippen LogP contribution in [0.2, 0.25) is 0 Å². The van der Waals surface area contributed by atoms with Gasteiger partial charge in [0.15, 0.2) is 5.78 Å². The fourth-order valence-electron chi connectivity index (χ4n) is 2.87. The fourth-order valence-corrected chi connectivity index (χ4v) is 2.87. The van der Waals surface area contributed by atoms with Crippen LogP contribution in [0, 0.1) is 0 Å². The summed E-state index contributed by atoms with van der Waals surface area (Å²) < 4.78 is 7.51. The van der Waals surface area contributed by atoms with Gasteiger partial charge in [-0.2, -0.15) is 5.10 Å². The highest BCUT2D eigenvalue weighted by molar-refractivity contribution is 5.96. The summed E-state index contributed by atoms with van der Waals surface area (Å²) in [7, 11) is 0. The lowest BCUT2D eigenvalue weighted by Gasteiger charge is -2.20. The van der Waals surface area contributed by atoms with Gasteiger partial charge in [0, 0.05) is 18.0 Å². The Hall–Kier alpha value is -2.43. The summed E-state index contributed by atoms with van der Waals surface area (Å²) >= 11 is 0. The van der Waals surface area contributed by atoms with Gasteiger partial charge >= 0.3 is 5.97 Å². The van der Waals surface area contributed by atoms with Crippen molar-refractivity contribution in [1.29, 1.82) is 0 Å². The number of hydrogen-bond acceptors (Lipinski definition) is 4. The molecule has 1 aliphatic carbocycles. The van der Waals surface area contributed by atoms with E-state index in [0.29, 0.717) is 11.1 Å². The standard InChI is InChI=1S/C17H18N2O3/c1-12(20)13-6-8-14(9-7-13)17(21)22-16-5-2-4-15(16)19-11-3-10-18-19/h3,6-11,15-16H,2,4-5H2,1H3/t15-,16-/m1/s1. The number of Topliss-reactive ketones (excluding diaryl/α,β-unsaturated/α-hetero) is 1. The molecule has 5 nitrogen and oxygen atoms in total. The number of esters is 1. The van der Waals surface area contributed by atoms with Crippen molar-refractivity contribution in [2.75, 3.05) is 0 Å². The average molecular weight is 298 g/mol. The van der Waals surface area contributed by atoms with Gasteiger partial charge in [-0.05, 0) is 44.4 Å². The van der Waals surface area contributed by atoms with Gasteiger partial charge in [0.1, 0.15) is 6.10 Å². The molecule has 2 atom stereocenters. The van der Waals surface area contributed by atoms with E-state index in [1.165, 1.54) is 6.92 Å². The highest BCUT2D eigenvalue weighted by atomic mass is 16.5. The normalized spacial score (nSPS) is 20.8. The number of carbonyl (C=O) groups is 2. The van der Waals surface area contributed by atoms with E-state index >= 15 is 0 Å². The van der Waals surface area contributed by atoms with E-state index in [1.54, 1.807) is 30.5 Å². The third-order valence-electron chi connectivity index (χ3n) is 4.07. The molecule has 0 radical (unpaired) electrons. The lowest BCUT2D eigenvalue weighted by atomic mass is 10.1. The molecule has 0 N–H and O–H groups in total. The Kier molecular flexibility index (Phi) is 4.04. The molecule has 114 valence electrons. The summed E-state index contributed by atoms with van der Waals surface area (Å²) in [5.41, 5.74) is 1.06. The molecule has 0 aliphatic heterocycles. The molecule has 2 aromatic rings. The molecule has 22 heavy (non-hydrogen) atoms. The maximum atomic E-state index is 12.3. The molecule has 0 unspecified atom stereocenters. The van der Waals surface area contributed by atoms with Crippen LogP contribution >= 0.6 is 0 Å². The number of aromatic nitrogens is 2. The van der Waals surface area contributed by atoms with Crippen LogP contribution in [0.3, 0.4) is 0 Å². The van der Waals surface area contributed by atoms with Crippen molar-refractivity contribution in [3.63, 3.8) is 0 Å². The molecule has 1 fully saturated rings. The molecule has 3 rings (SSSR count). The summed E-state index contributed by atoms with van der Waals surface area (Å²) in [6.07, 6.45) is 6.31. The van der Waals surface area contributed by atoms with Crippen LogP contribution < -0.4 is 0 Å². The van der Waals surface area contributed by atoms with Crippen LogP contribution in [0.25, 0.3) is 0 Å². The van der Waals surface area contributed by atoms with E-state index in [0.717, 1.165) is 19.3 Å². The first-order valence-corrected chi connectivity index (χ1v) is 7.46. The summed E-state index contributed by atoms with van der Waals surface area (Å²) in [5, 5.41) is 4.25. The maximum absolute atomic E-state index is 12.3. The summed E-state index contributed by atoms with van der Waals surface area (Å²) in [4.78, 5) is 23.5. The van der Waals surface area contributed by atoms with Crippen LogP contribution in [0.15, 0.2) is 42.7 Å². The van der Waals surface area contributed by atoms with E-state index in [4.69, 9.17) is 4.74 Å². The van der Waals surface area contributed by atoms with Crippen molar-refractivity contribution < 1.29 is 14.3 Å². The van der Waals surface area contributed by atoms with Crippen molar-refractivity contribution in [2.24, 2.45) is 0 Å². The zero-order valence-electron chi connectivity index (χ0n) is 12.4. The second-order valence-electron chi connectivity index (χ2n) is 5.56. The molecule has 0 saturated heterocycles. The first-order chi connectivity index (χ1) is 10.6. The van der Waals surface area contributed by atoms with E-state index in [1.807, 2.05) is 16.9 Å². The van der Waals surface area contributed by atoms with Crippen LogP contribution in [-0.2, 0) is 4.74 Å². The Bertz CT molecular complexity index is 662. The number of ketones is 1. The number of hydrogen-bond donors (Lipinski definition) is 0. The average Bonchev–Trinajstić information content (AvgIpc) is 3.18. The quantitative estimate of drug-likeness (QED) is 0.643. The van der Waals surface area contributed by atoms with Crippen molar-refractivity contribution in [1.82, 2.24) is 9.78 Å². The Morgan fingerprint density at radius 2 is 1.91 bits per heavy atom. The minimum atomic E-state index is -0.348. The lowest BCUT2D eigenvalue weighted by Crippen LogP contribution is -2.25. The molecule has 0 bridgehead atoms. The second kappa shape index (κ2) is 6.13. The topological polar surface area (TPSA) is 61.2 Å². The largest absolute Gasteiger partial charge is 0.457 e. The first kappa shape index (κ1) is 14.5. The molecule has 1 heterocycles. The zero-order valence-corrected chi connectivity index (χ0v) is 12.4. The number of ether oxygens (including phenoxy) is 1. The van der Waals surface area contributed by atoms with Crippen molar-refractivity contribution in [3.05, 3.63) is 53.9 Å². The van der Waals surface area contributed by atoms with Gasteiger partial charge in [-0.3, -0.25) is 9.48 Å². The minimum absolute atomic E-state index is 0.0190. The molecule has 1 saturated carbocycles. The summed E-state index contributed by atoms with van der Waals surface area (Å²) in [5.74, 6) is -0.367. The minimum Gasteiger partial charge on any atom is -0.457 e. The smallest absolute Gasteiger partial charge is 0.338 e.